The minimum atomic E-state index is -3.37. The number of rotatable bonds is 10. The third-order valence-corrected chi connectivity index (χ3v) is 11.7. The summed E-state index contributed by atoms with van der Waals surface area (Å²) in [6.45, 7) is 10.4. The van der Waals surface area contributed by atoms with Crippen LogP contribution in [-0.2, 0) is 27.0 Å². The molecule has 3 aromatic rings. The standard InChI is InChI=1S/C24H33N7O3SSi/c1-23(6-7-23)35(32,33)30-15-24(16-30,8-9-25)31-14-19(13-28-31)21-20-5-10-29(22(20)27-17-26-21)18-34-11-12-36(2,3)4/h5,10,13-14,17H,6-8,11-12,15-16,18H2,1-4H3. The van der Waals surface area contributed by atoms with E-state index in [1.807, 2.05) is 23.0 Å². The van der Waals surface area contributed by atoms with E-state index in [1.165, 1.54) is 10.6 Å². The van der Waals surface area contributed by atoms with Crippen molar-refractivity contribution in [3.05, 3.63) is 31.0 Å². The third-order valence-electron chi connectivity index (χ3n) is 7.39. The molecule has 12 heteroatoms. The molecule has 1 saturated carbocycles. The van der Waals surface area contributed by atoms with Crippen molar-refractivity contribution in [2.75, 3.05) is 19.7 Å². The van der Waals surface area contributed by atoms with Crippen LogP contribution in [0.5, 0.6) is 0 Å². The molecule has 0 amide bonds. The van der Waals surface area contributed by atoms with Crippen LogP contribution in [0.25, 0.3) is 22.3 Å². The molecular formula is C24H33N7O3SSi. The molecule has 1 saturated heterocycles. The van der Waals surface area contributed by atoms with Gasteiger partial charge in [-0.1, -0.05) is 19.6 Å². The number of hydrogen-bond acceptors (Lipinski definition) is 7. The minimum absolute atomic E-state index is 0.182. The lowest BCUT2D eigenvalue weighted by Crippen LogP contribution is -2.65. The van der Waals surface area contributed by atoms with Gasteiger partial charge in [-0.05, 0) is 31.9 Å². The third kappa shape index (κ3) is 4.38. The summed E-state index contributed by atoms with van der Waals surface area (Å²) in [5, 5.41) is 14.9. The maximum Gasteiger partial charge on any atom is 0.219 e. The Labute approximate surface area is 213 Å². The van der Waals surface area contributed by atoms with Gasteiger partial charge in [0, 0.05) is 51.1 Å². The van der Waals surface area contributed by atoms with Gasteiger partial charge in [0.25, 0.3) is 0 Å². The Bertz CT molecular complexity index is 1420. The minimum Gasteiger partial charge on any atom is -0.361 e. The summed E-state index contributed by atoms with van der Waals surface area (Å²) in [5.74, 6) is 0. The van der Waals surface area contributed by atoms with E-state index in [1.54, 1.807) is 17.8 Å². The highest BCUT2D eigenvalue weighted by Crippen LogP contribution is 2.48. The van der Waals surface area contributed by atoms with Crippen LogP contribution in [0.3, 0.4) is 0 Å². The number of hydrogen-bond donors (Lipinski definition) is 0. The normalized spacial score (nSPS) is 19.2. The molecule has 0 N–H and O–H groups in total. The van der Waals surface area contributed by atoms with Gasteiger partial charge < -0.3 is 9.30 Å². The summed E-state index contributed by atoms with van der Waals surface area (Å²) < 4.78 is 36.3. The number of fused-ring (bicyclic) bond motifs is 1. The lowest BCUT2D eigenvalue weighted by Gasteiger charge is -2.48. The molecular weight excluding hydrogens is 494 g/mol. The highest BCUT2D eigenvalue weighted by atomic mass is 32.2. The summed E-state index contributed by atoms with van der Waals surface area (Å²) >= 11 is 0. The van der Waals surface area contributed by atoms with E-state index in [2.05, 4.69) is 40.8 Å². The molecule has 2 fully saturated rings. The maximum absolute atomic E-state index is 12.9. The topological polar surface area (TPSA) is 119 Å². The van der Waals surface area contributed by atoms with Crippen LogP contribution in [-0.4, -0.2) is 69.6 Å². The fraction of sp³-hybridized carbons (Fsp3) is 0.583. The van der Waals surface area contributed by atoms with Gasteiger partial charge >= 0.3 is 0 Å². The maximum atomic E-state index is 12.9. The first-order valence-corrected chi connectivity index (χ1v) is 17.4. The molecule has 0 atom stereocenters. The van der Waals surface area contributed by atoms with Crippen molar-refractivity contribution >= 4 is 29.1 Å². The first kappa shape index (κ1) is 25.1. The van der Waals surface area contributed by atoms with Gasteiger partial charge in [-0.2, -0.15) is 14.7 Å². The van der Waals surface area contributed by atoms with Crippen molar-refractivity contribution in [2.45, 2.75) is 68.9 Å². The molecule has 0 bridgehead atoms. The van der Waals surface area contributed by atoms with Gasteiger partial charge in [-0.3, -0.25) is 4.68 Å². The van der Waals surface area contributed by atoms with E-state index >= 15 is 0 Å². The van der Waals surface area contributed by atoms with Crippen LogP contribution in [0, 0.1) is 11.3 Å². The van der Waals surface area contributed by atoms with Gasteiger partial charge in [0.05, 0.1) is 29.1 Å². The van der Waals surface area contributed by atoms with Crippen molar-refractivity contribution in [2.24, 2.45) is 0 Å². The van der Waals surface area contributed by atoms with Crippen LogP contribution in [0.15, 0.2) is 31.0 Å². The summed E-state index contributed by atoms with van der Waals surface area (Å²) in [6.07, 6.45) is 8.64. The first-order chi connectivity index (χ1) is 17.0. The fourth-order valence-electron chi connectivity index (χ4n) is 4.59. The van der Waals surface area contributed by atoms with Gasteiger partial charge in [-0.25, -0.2) is 18.4 Å². The van der Waals surface area contributed by atoms with E-state index in [9.17, 15) is 13.7 Å². The van der Waals surface area contributed by atoms with Gasteiger partial charge in [0.2, 0.25) is 10.0 Å². The van der Waals surface area contributed by atoms with E-state index in [0.717, 1.165) is 34.9 Å². The molecule has 0 radical (unpaired) electrons. The van der Waals surface area contributed by atoms with Crippen LogP contribution in [0.2, 0.25) is 25.7 Å². The van der Waals surface area contributed by atoms with E-state index < -0.39 is 28.4 Å². The summed E-state index contributed by atoms with van der Waals surface area (Å²) in [5.41, 5.74) is 1.65. The van der Waals surface area contributed by atoms with Gasteiger partial charge in [0.15, 0.2) is 0 Å². The predicted octanol–water partition coefficient (Wildman–Crippen LogP) is 3.41. The lowest BCUT2D eigenvalue weighted by molar-refractivity contribution is 0.0707. The summed E-state index contributed by atoms with van der Waals surface area (Å²) in [6, 6.07) is 5.31. The van der Waals surface area contributed by atoms with Gasteiger partial charge in [-0.15, -0.1) is 0 Å². The Hall–Kier alpha value is -2.59. The zero-order valence-electron chi connectivity index (χ0n) is 21.3. The van der Waals surface area contributed by atoms with E-state index in [0.29, 0.717) is 19.6 Å². The van der Waals surface area contributed by atoms with Crippen molar-refractivity contribution in [1.29, 1.82) is 5.26 Å². The smallest absolute Gasteiger partial charge is 0.219 e. The lowest BCUT2D eigenvalue weighted by atomic mass is 9.89. The van der Waals surface area contributed by atoms with E-state index in [-0.39, 0.29) is 19.5 Å². The molecule has 2 aliphatic rings. The molecule has 3 aromatic heterocycles. The second kappa shape index (κ2) is 8.76. The monoisotopic (exact) mass is 527 g/mol. The molecule has 1 aliphatic heterocycles. The Morgan fingerprint density at radius 3 is 2.64 bits per heavy atom. The number of nitrogens with zero attached hydrogens (tertiary/aromatic N) is 7. The van der Waals surface area contributed by atoms with Crippen LogP contribution >= 0.6 is 0 Å². The molecule has 36 heavy (non-hydrogen) atoms. The highest BCUT2D eigenvalue weighted by Gasteiger charge is 2.59. The van der Waals surface area contributed by atoms with Gasteiger partial charge in [0.1, 0.15) is 24.2 Å². The summed E-state index contributed by atoms with van der Waals surface area (Å²) in [7, 11) is -4.52. The average Bonchev–Trinajstić information content (AvgIpc) is 3.20. The highest BCUT2D eigenvalue weighted by molar-refractivity contribution is 7.90. The fourth-order valence-corrected chi connectivity index (χ4v) is 7.41. The largest absolute Gasteiger partial charge is 0.361 e. The average molecular weight is 528 g/mol. The first-order valence-electron chi connectivity index (χ1n) is 12.3. The van der Waals surface area contributed by atoms with Crippen molar-refractivity contribution < 1.29 is 13.2 Å². The molecule has 192 valence electrons. The zero-order valence-corrected chi connectivity index (χ0v) is 23.1. The number of aromatic nitrogens is 5. The molecule has 4 heterocycles. The number of ether oxygens (including phenoxy) is 1. The predicted molar refractivity (Wildman–Crippen MR) is 139 cm³/mol. The number of sulfonamides is 1. The Morgan fingerprint density at radius 1 is 1.22 bits per heavy atom. The molecule has 5 rings (SSSR count). The molecule has 0 spiro atoms. The molecule has 0 unspecified atom stereocenters. The quantitative estimate of drug-likeness (QED) is 0.293. The molecule has 1 aliphatic carbocycles. The molecule has 10 nitrogen and oxygen atoms in total. The Balaban J connectivity index is 1.35. The zero-order chi connectivity index (χ0) is 25.8. The number of nitriles is 1. The summed E-state index contributed by atoms with van der Waals surface area (Å²) in [4.78, 5) is 8.98. The second-order valence-electron chi connectivity index (χ2n) is 11.5. The SMILES string of the molecule is CC1(S(=O)(=O)N2CC(CC#N)(n3cc(-c4ncnc5c4ccn5COCC[Si](C)(C)C)cn3)C2)CC1. The van der Waals surface area contributed by atoms with Crippen LogP contribution in [0.4, 0.5) is 0 Å². The second-order valence-corrected chi connectivity index (χ2v) is 19.6. The Kier molecular flexibility index (Phi) is 6.10. The van der Waals surface area contributed by atoms with Crippen LogP contribution in [0.1, 0.15) is 26.2 Å². The van der Waals surface area contributed by atoms with Crippen molar-refractivity contribution in [3.8, 4) is 17.3 Å². The van der Waals surface area contributed by atoms with Crippen LogP contribution < -0.4 is 0 Å². The van der Waals surface area contributed by atoms with Crippen molar-refractivity contribution in [1.82, 2.24) is 28.6 Å². The van der Waals surface area contributed by atoms with E-state index in [4.69, 9.17) is 4.74 Å². The van der Waals surface area contributed by atoms with Crippen molar-refractivity contribution in [3.63, 3.8) is 0 Å². The Morgan fingerprint density at radius 2 is 1.97 bits per heavy atom. The molecule has 0 aromatic carbocycles.